The van der Waals surface area contributed by atoms with E-state index in [2.05, 4.69) is 29.6 Å². The van der Waals surface area contributed by atoms with Gasteiger partial charge in [-0.1, -0.05) is 62.4 Å². The summed E-state index contributed by atoms with van der Waals surface area (Å²) in [5, 5.41) is 12.0. The van der Waals surface area contributed by atoms with Crippen LogP contribution < -0.4 is 5.32 Å². The first-order chi connectivity index (χ1) is 15.9. The van der Waals surface area contributed by atoms with Gasteiger partial charge >= 0.3 is 12.1 Å². The molecule has 1 saturated heterocycles. The van der Waals surface area contributed by atoms with Crippen LogP contribution in [0.15, 0.2) is 48.5 Å². The molecule has 7 heteroatoms. The fourth-order valence-electron chi connectivity index (χ4n) is 5.55. The Morgan fingerprint density at radius 1 is 1.00 bits per heavy atom. The average molecular weight is 449 g/mol. The van der Waals surface area contributed by atoms with E-state index >= 15 is 0 Å². The topological polar surface area (TPSA) is 95.9 Å². The number of rotatable bonds is 6. The monoisotopic (exact) mass is 448 g/mol. The molecule has 5 rings (SSSR count). The van der Waals surface area contributed by atoms with Crippen LogP contribution in [-0.2, 0) is 14.3 Å². The first kappa shape index (κ1) is 21.5. The molecule has 0 bridgehead atoms. The lowest BCUT2D eigenvalue weighted by molar-refractivity contribution is -0.141. The largest absolute Gasteiger partial charge is 0.481 e. The minimum absolute atomic E-state index is 0.0358. The van der Waals surface area contributed by atoms with Gasteiger partial charge in [-0.05, 0) is 40.0 Å². The molecular weight excluding hydrogens is 420 g/mol. The van der Waals surface area contributed by atoms with Gasteiger partial charge in [0.25, 0.3) is 0 Å². The highest BCUT2D eigenvalue weighted by molar-refractivity contribution is 5.87. The molecule has 0 aromatic heterocycles. The molecule has 2 N–H and O–H groups in total. The molecule has 2 unspecified atom stereocenters. The summed E-state index contributed by atoms with van der Waals surface area (Å²) in [7, 11) is 0. The van der Waals surface area contributed by atoms with Gasteiger partial charge in [-0.25, -0.2) is 4.79 Å². The lowest BCUT2D eigenvalue weighted by atomic mass is 9.98. The maximum atomic E-state index is 13.1. The van der Waals surface area contributed by atoms with E-state index in [1.807, 2.05) is 38.1 Å². The van der Waals surface area contributed by atoms with Crippen LogP contribution in [0.3, 0.4) is 0 Å². The van der Waals surface area contributed by atoms with Crippen molar-refractivity contribution in [3.05, 3.63) is 59.7 Å². The number of carbonyl (C=O) groups excluding carboxylic acids is 2. The lowest BCUT2D eigenvalue weighted by Gasteiger charge is -2.28. The summed E-state index contributed by atoms with van der Waals surface area (Å²) in [5.41, 5.74) is 4.58. The predicted molar refractivity (Wildman–Crippen MR) is 122 cm³/mol. The molecule has 3 aliphatic rings. The van der Waals surface area contributed by atoms with Gasteiger partial charge in [-0.15, -0.1) is 0 Å². The molecule has 172 valence electrons. The van der Waals surface area contributed by atoms with E-state index < -0.39 is 18.1 Å². The summed E-state index contributed by atoms with van der Waals surface area (Å²) in [5.74, 6) is -1.38. The molecular formula is C26H28N2O5. The highest BCUT2D eigenvalue weighted by Crippen LogP contribution is 2.52. The van der Waals surface area contributed by atoms with Gasteiger partial charge in [-0.2, -0.15) is 0 Å². The van der Waals surface area contributed by atoms with Crippen molar-refractivity contribution < 1.29 is 24.2 Å². The van der Waals surface area contributed by atoms with Gasteiger partial charge < -0.3 is 20.1 Å². The number of nitrogens with zero attached hydrogens (tertiary/aromatic N) is 1. The maximum absolute atomic E-state index is 13.1. The minimum atomic E-state index is -0.783. The van der Waals surface area contributed by atoms with Gasteiger partial charge in [0.15, 0.2) is 0 Å². The molecule has 2 amide bonds. The van der Waals surface area contributed by atoms with Gasteiger partial charge in [0.05, 0.1) is 5.92 Å². The van der Waals surface area contributed by atoms with Crippen LogP contribution in [0, 0.1) is 23.7 Å². The van der Waals surface area contributed by atoms with Crippen LogP contribution in [-0.4, -0.2) is 53.7 Å². The number of aliphatic carboxylic acids is 1. The Hall–Kier alpha value is -3.35. The van der Waals surface area contributed by atoms with Gasteiger partial charge in [0, 0.05) is 19.0 Å². The van der Waals surface area contributed by atoms with Crippen molar-refractivity contribution in [3.63, 3.8) is 0 Å². The van der Waals surface area contributed by atoms with Gasteiger partial charge in [0.1, 0.15) is 12.6 Å². The molecule has 33 heavy (non-hydrogen) atoms. The van der Waals surface area contributed by atoms with E-state index in [9.17, 15) is 19.5 Å². The molecule has 1 aliphatic heterocycles. The molecule has 2 aromatic rings. The minimum Gasteiger partial charge on any atom is -0.481 e. The van der Waals surface area contributed by atoms with E-state index in [0.29, 0.717) is 13.1 Å². The summed E-state index contributed by atoms with van der Waals surface area (Å²) in [6.45, 7) is 4.82. The summed E-state index contributed by atoms with van der Waals surface area (Å²) >= 11 is 0. The second-order valence-electron chi connectivity index (χ2n) is 9.63. The number of carboxylic acids is 1. The number of likely N-dealkylation sites (tertiary alicyclic amines) is 1. The number of carbonyl (C=O) groups is 3. The third-order valence-electron chi connectivity index (χ3n) is 7.34. The third-order valence-corrected chi connectivity index (χ3v) is 7.34. The molecule has 1 saturated carbocycles. The number of carboxylic acid groups (broad SMARTS) is 1. The highest BCUT2D eigenvalue weighted by Gasteiger charge is 2.61. The van der Waals surface area contributed by atoms with E-state index in [0.717, 1.165) is 22.3 Å². The maximum Gasteiger partial charge on any atom is 0.407 e. The normalized spacial score (nSPS) is 23.5. The highest BCUT2D eigenvalue weighted by atomic mass is 16.5. The molecule has 3 atom stereocenters. The third kappa shape index (κ3) is 3.75. The fraction of sp³-hybridized carbons (Fsp3) is 0.423. The number of fused-ring (bicyclic) bond motifs is 4. The van der Waals surface area contributed by atoms with Crippen LogP contribution in [0.25, 0.3) is 11.1 Å². The zero-order chi connectivity index (χ0) is 23.3. The van der Waals surface area contributed by atoms with Crippen LogP contribution >= 0.6 is 0 Å². The Balaban J connectivity index is 1.21. The predicted octanol–water partition coefficient (Wildman–Crippen LogP) is 3.34. The van der Waals surface area contributed by atoms with E-state index in [1.165, 1.54) is 0 Å². The van der Waals surface area contributed by atoms with Crippen molar-refractivity contribution in [1.82, 2.24) is 10.2 Å². The second-order valence-corrected chi connectivity index (χ2v) is 9.63. The zero-order valence-electron chi connectivity index (χ0n) is 18.7. The molecule has 2 aliphatic carbocycles. The molecule has 0 spiro atoms. The lowest BCUT2D eigenvalue weighted by Crippen LogP contribution is -2.51. The number of piperidine rings is 1. The van der Waals surface area contributed by atoms with E-state index in [-0.39, 0.29) is 42.1 Å². The Bertz CT molecular complexity index is 1060. The van der Waals surface area contributed by atoms with Gasteiger partial charge in [0.2, 0.25) is 5.91 Å². The van der Waals surface area contributed by atoms with Crippen molar-refractivity contribution >= 4 is 18.0 Å². The van der Waals surface area contributed by atoms with E-state index in [4.69, 9.17) is 4.74 Å². The van der Waals surface area contributed by atoms with E-state index in [1.54, 1.807) is 4.90 Å². The first-order valence-electron chi connectivity index (χ1n) is 11.5. The summed E-state index contributed by atoms with van der Waals surface area (Å²) in [6.07, 6.45) is -0.614. The van der Waals surface area contributed by atoms with Crippen LogP contribution in [0.2, 0.25) is 0 Å². The standard InChI is InChI=1S/C26H28N2O5/c1-14(2)23(24(29)28-11-19-20(12-28)22(19)25(30)31)27-26(32)33-13-21-17-9-5-3-7-15(17)16-8-4-6-10-18(16)21/h3-10,14,19-23H,11-13H2,1-2H3,(H,27,32)(H,30,31)/t19?,20?,22?,23-/m0/s1. The molecule has 7 nitrogen and oxygen atoms in total. The number of nitrogens with one attached hydrogen (secondary N) is 1. The van der Waals surface area contributed by atoms with Crippen LogP contribution in [0.4, 0.5) is 4.79 Å². The van der Waals surface area contributed by atoms with Crippen LogP contribution in [0.5, 0.6) is 0 Å². The average Bonchev–Trinajstić information content (AvgIpc) is 3.16. The van der Waals surface area contributed by atoms with Crippen molar-refractivity contribution in [3.8, 4) is 11.1 Å². The fourth-order valence-corrected chi connectivity index (χ4v) is 5.55. The molecule has 0 radical (unpaired) electrons. The quantitative estimate of drug-likeness (QED) is 0.707. The van der Waals surface area contributed by atoms with Crippen molar-refractivity contribution in [2.24, 2.45) is 23.7 Å². The Kier molecular flexibility index (Phi) is 5.35. The SMILES string of the molecule is CC(C)[C@H](NC(=O)OCC1c2ccccc2-c2ccccc21)C(=O)N1CC2C(C1)C2C(=O)O. The van der Waals surface area contributed by atoms with Crippen molar-refractivity contribution in [1.29, 1.82) is 0 Å². The summed E-state index contributed by atoms with van der Waals surface area (Å²) in [6, 6.07) is 15.6. The van der Waals surface area contributed by atoms with Crippen molar-refractivity contribution in [2.75, 3.05) is 19.7 Å². The smallest absolute Gasteiger partial charge is 0.407 e. The summed E-state index contributed by atoms with van der Waals surface area (Å²) in [4.78, 5) is 38.6. The Morgan fingerprint density at radius 2 is 1.55 bits per heavy atom. The number of ether oxygens (including phenoxy) is 1. The Labute approximate surface area is 192 Å². The molecule has 1 heterocycles. The Morgan fingerprint density at radius 3 is 2.06 bits per heavy atom. The zero-order valence-corrected chi connectivity index (χ0v) is 18.7. The molecule has 2 fully saturated rings. The van der Waals surface area contributed by atoms with Gasteiger partial charge in [-0.3, -0.25) is 9.59 Å². The van der Waals surface area contributed by atoms with Crippen molar-refractivity contribution in [2.45, 2.75) is 25.8 Å². The van der Waals surface area contributed by atoms with Crippen LogP contribution in [0.1, 0.15) is 30.9 Å². The molecule has 2 aromatic carbocycles. The second kappa shape index (κ2) is 8.21. The summed E-state index contributed by atoms with van der Waals surface area (Å²) < 4.78 is 5.61. The first-order valence-corrected chi connectivity index (χ1v) is 11.5. The number of alkyl carbamates (subject to hydrolysis) is 1. The number of benzene rings is 2. The number of hydrogen-bond donors (Lipinski definition) is 2. The number of amides is 2. The number of hydrogen-bond acceptors (Lipinski definition) is 4.